The van der Waals surface area contributed by atoms with E-state index in [1.54, 1.807) is 7.11 Å². The molecule has 0 saturated heterocycles. The maximum absolute atomic E-state index is 6.18. The van der Waals surface area contributed by atoms with Crippen LogP contribution >= 0.6 is 27.5 Å². The number of benzene rings is 2. The number of hydrogen-bond acceptors (Lipinski definition) is 2. The van der Waals surface area contributed by atoms with E-state index in [1.165, 1.54) is 5.56 Å². The number of halogens is 2. The van der Waals surface area contributed by atoms with Crippen molar-refractivity contribution in [1.82, 2.24) is 5.32 Å². The number of methoxy groups -OCH3 is 1. The number of ether oxygens (including phenoxy) is 1. The van der Waals surface area contributed by atoms with Crippen LogP contribution in [0, 0.1) is 0 Å². The minimum absolute atomic E-state index is 0.108. The predicted octanol–water partition coefficient (Wildman–Crippen LogP) is 4.42. The van der Waals surface area contributed by atoms with Crippen molar-refractivity contribution in [2.24, 2.45) is 0 Å². The quantitative estimate of drug-likeness (QED) is 0.889. The summed E-state index contributed by atoms with van der Waals surface area (Å²) < 4.78 is 6.24. The molecule has 2 aromatic rings. The van der Waals surface area contributed by atoms with Gasteiger partial charge in [-0.2, -0.15) is 0 Å². The van der Waals surface area contributed by atoms with Gasteiger partial charge in [-0.1, -0.05) is 45.7 Å². The van der Waals surface area contributed by atoms with Gasteiger partial charge in [0.2, 0.25) is 0 Å². The number of nitrogens with one attached hydrogen (secondary N) is 1. The van der Waals surface area contributed by atoms with Crippen molar-refractivity contribution in [3.63, 3.8) is 0 Å². The van der Waals surface area contributed by atoms with E-state index in [0.29, 0.717) is 10.8 Å². The summed E-state index contributed by atoms with van der Waals surface area (Å²) in [6.45, 7) is 0. The van der Waals surface area contributed by atoms with E-state index in [9.17, 15) is 0 Å². The third-order valence-corrected chi connectivity index (χ3v) is 3.83. The topological polar surface area (TPSA) is 21.3 Å². The maximum Gasteiger partial charge on any atom is 0.137 e. The van der Waals surface area contributed by atoms with E-state index < -0.39 is 0 Å². The van der Waals surface area contributed by atoms with Gasteiger partial charge in [0.15, 0.2) is 0 Å². The molecule has 0 heterocycles. The minimum atomic E-state index is 0.108. The van der Waals surface area contributed by atoms with Gasteiger partial charge in [-0.05, 0) is 42.4 Å². The van der Waals surface area contributed by atoms with Crippen molar-refractivity contribution in [2.45, 2.75) is 6.04 Å². The first-order valence-electron chi connectivity index (χ1n) is 5.92. The normalized spacial score (nSPS) is 12.2. The molecule has 0 aliphatic carbocycles. The molecular weight excluding hydrogens is 326 g/mol. The Morgan fingerprint density at radius 1 is 1.11 bits per heavy atom. The average molecular weight is 341 g/mol. The fourth-order valence-corrected chi connectivity index (χ4v) is 2.57. The molecule has 2 nitrogen and oxygen atoms in total. The van der Waals surface area contributed by atoms with Gasteiger partial charge in [0, 0.05) is 4.47 Å². The molecule has 0 amide bonds. The predicted molar refractivity (Wildman–Crippen MR) is 83.0 cm³/mol. The zero-order valence-corrected chi connectivity index (χ0v) is 13.1. The Labute approximate surface area is 126 Å². The maximum atomic E-state index is 6.18. The van der Waals surface area contributed by atoms with E-state index in [-0.39, 0.29) is 6.04 Å². The van der Waals surface area contributed by atoms with Crippen LogP contribution in [-0.2, 0) is 0 Å². The van der Waals surface area contributed by atoms with Gasteiger partial charge in [0.05, 0.1) is 18.2 Å². The molecular formula is C15H15BrClNO. The molecule has 1 atom stereocenters. The average Bonchev–Trinajstić information content (AvgIpc) is 2.42. The van der Waals surface area contributed by atoms with Gasteiger partial charge in [-0.15, -0.1) is 0 Å². The van der Waals surface area contributed by atoms with Crippen LogP contribution in [0.4, 0.5) is 0 Å². The van der Waals surface area contributed by atoms with Crippen molar-refractivity contribution in [3.8, 4) is 5.75 Å². The first kappa shape index (κ1) is 14.4. The molecule has 2 aromatic carbocycles. The summed E-state index contributed by atoms with van der Waals surface area (Å²) in [5, 5.41) is 3.93. The van der Waals surface area contributed by atoms with Crippen LogP contribution in [0.2, 0.25) is 5.02 Å². The van der Waals surface area contributed by atoms with Crippen molar-refractivity contribution >= 4 is 27.5 Å². The van der Waals surface area contributed by atoms with Crippen LogP contribution in [0.3, 0.4) is 0 Å². The summed E-state index contributed by atoms with van der Waals surface area (Å²) >= 11 is 9.63. The standard InChI is InChI=1S/C15H15BrClNO/c1-18-15(10-3-6-12(16)7-4-10)11-5-8-14(19-2)13(17)9-11/h3-9,15,18H,1-2H3. The SMILES string of the molecule is CNC(c1ccc(Br)cc1)c1ccc(OC)c(Cl)c1. The molecule has 1 unspecified atom stereocenters. The lowest BCUT2D eigenvalue weighted by Crippen LogP contribution is -2.17. The lowest BCUT2D eigenvalue weighted by atomic mass is 9.99. The first-order valence-corrected chi connectivity index (χ1v) is 7.09. The largest absolute Gasteiger partial charge is 0.495 e. The van der Waals surface area contributed by atoms with Crippen LogP contribution in [-0.4, -0.2) is 14.2 Å². The summed E-state index contributed by atoms with van der Waals surface area (Å²) in [4.78, 5) is 0. The Hall–Kier alpha value is -1.03. The van der Waals surface area contributed by atoms with Gasteiger partial charge in [0.1, 0.15) is 5.75 Å². The summed E-state index contributed by atoms with van der Waals surface area (Å²) in [7, 11) is 3.55. The van der Waals surface area contributed by atoms with Gasteiger partial charge in [-0.25, -0.2) is 0 Å². The second kappa shape index (κ2) is 6.42. The Bertz CT molecular complexity index is 557. The molecule has 0 spiro atoms. The first-order chi connectivity index (χ1) is 9.15. The highest BCUT2D eigenvalue weighted by Gasteiger charge is 2.13. The molecule has 0 fully saturated rings. The Morgan fingerprint density at radius 2 is 1.74 bits per heavy atom. The summed E-state index contributed by atoms with van der Waals surface area (Å²) in [6.07, 6.45) is 0. The third-order valence-electron chi connectivity index (χ3n) is 3.00. The molecule has 0 saturated carbocycles. The van der Waals surface area contributed by atoms with Gasteiger partial charge < -0.3 is 10.1 Å². The highest BCUT2D eigenvalue weighted by atomic mass is 79.9. The zero-order valence-electron chi connectivity index (χ0n) is 10.8. The Kier molecular flexibility index (Phi) is 4.86. The van der Waals surface area contributed by atoms with E-state index in [2.05, 4.69) is 33.4 Å². The molecule has 1 N–H and O–H groups in total. The molecule has 0 aliphatic rings. The van der Waals surface area contributed by atoms with Gasteiger partial charge >= 0.3 is 0 Å². The van der Waals surface area contributed by atoms with Crippen molar-refractivity contribution in [1.29, 1.82) is 0 Å². The smallest absolute Gasteiger partial charge is 0.137 e. The van der Waals surface area contributed by atoms with E-state index in [4.69, 9.17) is 16.3 Å². The minimum Gasteiger partial charge on any atom is -0.495 e. The van der Waals surface area contributed by atoms with Crippen LogP contribution in [0.25, 0.3) is 0 Å². The number of hydrogen-bond donors (Lipinski definition) is 1. The van der Waals surface area contributed by atoms with E-state index in [0.717, 1.165) is 10.0 Å². The van der Waals surface area contributed by atoms with Crippen molar-refractivity contribution in [2.75, 3.05) is 14.2 Å². The lowest BCUT2D eigenvalue weighted by Gasteiger charge is -2.18. The molecule has 100 valence electrons. The fraction of sp³-hybridized carbons (Fsp3) is 0.200. The highest BCUT2D eigenvalue weighted by molar-refractivity contribution is 9.10. The second-order valence-corrected chi connectivity index (χ2v) is 5.49. The molecule has 0 aliphatic heterocycles. The molecule has 0 radical (unpaired) electrons. The van der Waals surface area contributed by atoms with Crippen LogP contribution in [0.15, 0.2) is 46.9 Å². The van der Waals surface area contributed by atoms with Gasteiger partial charge in [0.25, 0.3) is 0 Å². The van der Waals surface area contributed by atoms with Gasteiger partial charge in [-0.3, -0.25) is 0 Å². The van der Waals surface area contributed by atoms with E-state index >= 15 is 0 Å². The third kappa shape index (κ3) is 3.30. The Morgan fingerprint density at radius 3 is 2.26 bits per heavy atom. The van der Waals surface area contributed by atoms with Crippen molar-refractivity contribution in [3.05, 3.63) is 63.1 Å². The highest BCUT2D eigenvalue weighted by Crippen LogP contribution is 2.30. The van der Waals surface area contributed by atoms with Crippen molar-refractivity contribution < 1.29 is 4.74 Å². The molecule has 0 bridgehead atoms. The van der Waals surface area contributed by atoms with Crippen LogP contribution in [0.5, 0.6) is 5.75 Å². The van der Waals surface area contributed by atoms with Crippen LogP contribution in [0.1, 0.15) is 17.2 Å². The summed E-state index contributed by atoms with van der Waals surface area (Å²) in [6, 6.07) is 14.2. The molecule has 2 rings (SSSR count). The molecule has 4 heteroatoms. The molecule has 19 heavy (non-hydrogen) atoms. The second-order valence-electron chi connectivity index (χ2n) is 4.17. The monoisotopic (exact) mass is 339 g/mol. The summed E-state index contributed by atoms with van der Waals surface area (Å²) in [5.41, 5.74) is 2.29. The molecule has 0 aromatic heterocycles. The number of rotatable bonds is 4. The lowest BCUT2D eigenvalue weighted by molar-refractivity contribution is 0.414. The van der Waals surface area contributed by atoms with E-state index in [1.807, 2.05) is 37.4 Å². The zero-order chi connectivity index (χ0) is 13.8. The van der Waals surface area contributed by atoms with Crippen LogP contribution < -0.4 is 10.1 Å². The Balaban J connectivity index is 2.36. The fourth-order valence-electron chi connectivity index (χ4n) is 2.04. The summed E-state index contributed by atoms with van der Waals surface area (Å²) in [5.74, 6) is 0.691.